The Morgan fingerprint density at radius 3 is 2.70 bits per heavy atom. The first-order valence-electron chi connectivity index (χ1n) is 8.05. The molecular formula is C17H24N2O4. The second-order valence-electron chi connectivity index (χ2n) is 6.06. The summed E-state index contributed by atoms with van der Waals surface area (Å²) in [6.07, 6.45) is 1.86. The Morgan fingerprint density at radius 1 is 1.30 bits per heavy atom. The second kappa shape index (κ2) is 7.08. The Morgan fingerprint density at radius 2 is 2.04 bits per heavy atom. The lowest BCUT2D eigenvalue weighted by Gasteiger charge is -2.30. The van der Waals surface area contributed by atoms with Gasteiger partial charge >= 0.3 is 6.03 Å². The Balaban J connectivity index is 1.63. The highest BCUT2D eigenvalue weighted by atomic mass is 16.5. The molecule has 0 bridgehead atoms. The molecule has 6 nitrogen and oxygen atoms in total. The molecule has 126 valence electrons. The maximum absolute atomic E-state index is 12.4. The van der Waals surface area contributed by atoms with Crippen LogP contribution in [0.3, 0.4) is 0 Å². The smallest absolute Gasteiger partial charge is 0.317 e. The van der Waals surface area contributed by atoms with Crippen LogP contribution in [0, 0.1) is 5.92 Å². The van der Waals surface area contributed by atoms with Crippen LogP contribution in [0.15, 0.2) is 12.1 Å². The van der Waals surface area contributed by atoms with Gasteiger partial charge in [-0.05, 0) is 36.1 Å². The fourth-order valence-electron chi connectivity index (χ4n) is 3.14. The fraction of sp³-hybridized carbons (Fsp3) is 0.588. The van der Waals surface area contributed by atoms with E-state index in [9.17, 15) is 4.79 Å². The molecule has 2 aliphatic heterocycles. The number of benzene rings is 1. The second-order valence-corrected chi connectivity index (χ2v) is 6.06. The molecule has 1 N–H and O–H groups in total. The Hall–Kier alpha value is -1.95. The van der Waals surface area contributed by atoms with Gasteiger partial charge < -0.3 is 24.4 Å². The first kappa shape index (κ1) is 15.9. The molecule has 1 aromatic rings. The largest absolute Gasteiger partial charge is 0.493 e. The van der Waals surface area contributed by atoms with E-state index < -0.39 is 0 Å². The summed E-state index contributed by atoms with van der Waals surface area (Å²) in [5, 5.41) is 3.03. The molecule has 6 heteroatoms. The number of hydrogen-bond donors (Lipinski definition) is 1. The number of fused-ring (bicyclic) bond motifs is 1. The van der Waals surface area contributed by atoms with Crippen LogP contribution in [0.5, 0.6) is 11.5 Å². The monoisotopic (exact) mass is 320 g/mol. The molecule has 1 atom stereocenters. The zero-order valence-corrected chi connectivity index (χ0v) is 13.8. The SMILES string of the molecule is COc1cc2c(cc1OC)CN(C(=O)NCC1CCOC1)CC2. The zero-order valence-electron chi connectivity index (χ0n) is 13.8. The summed E-state index contributed by atoms with van der Waals surface area (Å²) in [5.74, 6) is 1.89. The normalized spacial score (nSPS) is 20.1. The van der Waals surface area contributed by atoms with Crippen molar-refractivity contribution in [2.24, 2.45) is 5.92 Å². The van der Waals surface area contributed by atoms with Crippen LogP contribution in [0.2, 0.25) is 0 Å². The van der Waals surface area contributed by atoms with Crippen molar-refractivity contribution in [3.63, 3.8) is 0 Å². The third-order valence-electron chi connectivity index (χ3n) is 4.57. The summed E-state index contributed by atoms with van der Waals surface area (Å²) in [7, 11) is 3.26. The summed E-state index contributed by atoms with van der Waals surface area (Å²) < 4.78 is 16.0. The van der Waals surface area contributed by atoms with Gasteiger partial charge in [-0.25, -0.2) is 4.79 Å². The number of nitrogens with one attached hydrogen (secondary N) is 1. The number of methoxy groups -OCH3 is 2. The van der Waals surface area contributed by atoms with Crippen molar-refractivity contribution in [1.29, 1.82) is 0 Å². The fourth-order valence-corrected chi connectivity index (χ4v) is 3.14. The molecular weight excluding hydrogens is 296 g/mol. The van der Waals surface area contributed by atoms with Gasteiger partial charge in [-0.1, -0.05) is 0 Å². The van der Waals surface area contributed by atoms with Crippen molar-refractivity contribution >= 4 is 6.03 Å². The van der Waals surface area contributed by atoms with E-state index in [1.807, 2.05) is 17.0 Å². The molecule has 2 aliphatic rings. The van der Waals surface area contributed by atoms with Crippen LogP contribution in [-0.4, -0.2) is 51.5 Å². The van der Waals surface area contributed by atoms with E-state index in [1.165, 1.54) is 5.56 Å². The summed E-state index contributed by atoms with van der Waals surface area (Å²) in [5.41, 5.74) is 2.34. The molecule has 2 heterocycles. The Kier molecular flexibility index (Phi) is 4.91. The van der Waals surface area contributed by atoms with Gasteiger partial charge in [0.2, 0.25) is 0 Å². The van der Waals surface area contributed by atoms with E-state index in [0.717, 1.165) is 43.9 Å². The number of urea groups is 1. The first-order chi connectivity index (χ1) is 11.2. The molecule has 1 fully saturated rings. The molecule has 0 aliphatic carbocycles. The summed E-state index contributed by atoms with van der Waals surface area (Å²) in [6, 6.07) is 3.98. The van der Waals surface area contributed by atoms with Gasteiger partial charge in [0, 0.05) is 32.2 Å². The lowest BCUT2D eigenvalue weighted by atomic mass is 9.99. The van der Waals surface area contributed by atoms with Crippen LogP contribution >= 0.6 is 0 Å². The van der Waals surface area contributed by atoms with Crippen LogP contribution in [0.25, 0.3) is 0 Å². The molecule has 23 heavy (non-hydrogen) atoms. The highest BCUT2D eigenvalue weighted by Gasteiger charge is 2.24. The number of rotatable bonds is 4. The molecule has 1 unspecified atom stereocenters. The minimum absolute atomic E-state index is 0.00247. The van der Waals surface area contributed by atoms with Crippen molar-refractivity contribution in [3.8, 4) is 11.5 Å². The van der Waals surface area contributed by atoms with Gasteiger partial charge in [0.05, 0.1) is 20.8 Å². The Labute approximate surface area is 136 Å². The maximum Gasteiger partial charge on any atom is 0.317 e. The van der Waals surface area contributed by atoms with Crippen LogP contribution < -0.4 is 14.8 Å². The highest BCUT2D eigenvalue weighted by Crippen LogP contribution is 2.33. The van der Waals surface area contributed by atoms with Gasteiger partial charge in [0.1, 0.15) is 0 Å². The van der Waals surface area contributed by atoms with Crippen LogP contribution in [0.1, 0.15) is 17.5 Å². The van der Waals surface area contributed by atoms with E-state index in [2.05, 4.69) is 5.32 Å². The van der Waals surface area contributed by atoms with E-state index in [4.69, 9.17) is 14.2 Å². The molecule has 0 aromatic heterocycles. The molecule has 3 rings (SSSR count). The molecule has 0 saturated carbocycles. The highest BCUT2D eigenvalue weighted by molar-refractivity contribution is 5.74. The molecule has 1 aromatic carbocycles. The third kappa shape index (κ3) is 3.52. The Bertz CT molecular complexity index is 570. The van der Waals surface area contributed by atoms with Gasteiger partial charge in [-0.15, -0.1) is 0 Å². The summed E-state index contributed by atoms with van der Waals surface area (Å²) in [4.78, 5) is 14.2. The standard InChI is InChI=1S/C17H24N2O4/c1-21-15-7-13-3-5-19(10-14(13)8-16(15)22-2)17(20)18-9-12-4-6-23-11-12/h7-8,12H,3-6,9-11H2,1-2H3,(H,18,20). The lowest BCUT2D eigenvalue weighted by molar-refractivity contribution is 0.178. The van der Waals surface area contributed by atoms with Crippen molar-refractivity contribution in [2.45, 2.75) is 19.4 Å². The van der Waals surface area contributed by atoms with E-state index >= 15 is 0 Å². The van der Waals surface area contributed by atoms with Crippen molar-refractivity contribution in [1.82, 2.24) is 10.2 Å². The van der Waals surface area contributed by atoms with Crippen molar-refractivity contribution < 1.29 is 19.0 Å². The van der Waals surface area contributed by atoms with E-state index in [1.54, 1.807) is 14.2 Å². The number of ether oxygens (including phenoxy) is 3. The third-order valence-corrected chi connectivity index (χ3v) is 4.57. The summed E-state index contributed by atoms with van der Waals surface area (Å²) >= 11 is 0. The number of nitrogens with zero attached hydrogens (tertiary/aromatic N) is 1. The number of carbonyl (C=O) groups is 1. The first-order valence-corrected chi connectivity index (χ1v) is 8.05. The summed E-state index contributed by atoms with van der Waals surface area (Å²) in [6.45, 7) is 3.56. The van der Waals surface area contributed by atoms with E-state index in [-0.39, 0.29) is 6.03 Å². The minimum Gasteiger partial charge on any atom is -0.493 e. The average Bonchev–Trinajstić information content (AvgIpc) is 3.11. The minimum atomic E-state index is -0.00247. The number of carbonyl (C=O) groups excluding carboxylic acids is 1. The van der Waals surface area contributed by atoms with Gasteiger partial charge in [0.15, 0.2) is 11.5 Å². The van der Waals surface area contributed by atoms with Crippen LogP contribution in [0.4, 0.5) is 4.79 Å². The van der Waals surface area contributed by atoms with Crippen LogP contribution in [-0.2, 0) is 17.7 Å². The van der Waals surface area contributed by atoms with Gasteiger partial charge in [-0.3, -0.25) is 0 Å². The quantitative estimate of drug-likeness (QED) is 0.919. The maximum atomic E-state index is 12.4. The van der Waals surface area contributed by atoms with Crippen molar-refractivity contribution in [3.05, 3.63) is 23.3 Å². The predicted molar refractivity (Wildman–Crippen MR) is 86.0 cm³/mol. The topological polar surface area (TPSA) is 60.0 Å². The molecule has 0 spiro atoms. The van der Waals surface area contributed by atoms with Crippen molar-refractivity contribution in [2.75, 3.05) is 40.5 Å². The molecule has 2 amide bonds. The lowest BCUT2D eigenvalue weighted by Crippen LogP contribution is -2.44. The van der Waals surface area contributed by atoms with E-state index in [0.29, 0.717) is 24.8 Å². The molecule has 0 radical (unpaired) electrons. The van der Waals surface area contributed by atoms with Gasteiger partial charge in [-0.2, -0.15) is 0 Å². The average molecular weight is 320 g/mol. The molecule has 1 saturated heterocycles. The van der Waals surface area contributed by atoms with Gasteiger partial charge in [0.25, 0.3) is 0 Å². The predicted octanol–water partition coefficient (Wildman–Crippen LogP) is 1.81. The number of hydrogen-bond acceptors (Lipinski definition) is 4. The zero-order chi connectivity index (χ0) is 16.2. The number of amides is 2.